The molecule has 0 radical (unpaired) electrons. The standard InChI is InChI=1S/C5H6ClN11S2/c6-1-11-2(18-4(14-7)15-8)13-3(12-1)19-5(16-9)17-10/h7,9H,8,10H2. The van der Waals surface area contributed by atoms with Crippen LogP contribution >= 0.6 is 35.1 Å². The first kappa shape index (κ1) is 15.2. The lowest BCUT2D eigenvalue weighted by Gasteiger charge is -2.01. The fraction of sp³-hybridized carbons (Fsp3) is 0. The van der Waals surface area contributed by atoms with Crippen LogP contribution in [0.2, 0.25) is 5.28 Å². The number of aromatic nitrogens is 3. The summed E-state index contributed by atoms with van der Waals surface area (Å²) in [6.07, 6.45) is 0. The molecule has 0 amide bonds. The van der Waals surface area contributed by atoms with Crippen molar-refractivity contribution in [1.29, 1.82) is 11.1 Å². The van der Waals surface area contributed by atoms with Gasteiger partial charge < -0.3 is 11.7 Å². The Labute approximate surface area is 119 Å². The van der Waals surface area contributed by atoms with E-state index in [1.807, 2.05) is 0 Å². The van der Waals surface area contributed by atoms with Gasteiger partial charge in [0, 0.05) is 0 Å². The summed E-state index contributed by atoms with van der Waals surface area (Å²) in [6, 6.07) is 0. The molecule has 6 N–H and O–H groups in total. The Bertz CT molecular complexity index is 498. The first-order valence-corrected chi connectivity index (χ1v) is 6.22. The van der Waals surface area contributed by atoms with Gasteiger partial charge in [0.05, 0.1) is 0 Å². The lowest BCUT2D eigenvalue weighted by molar-refractivity contribution is 0.805. The summed E-state index contributed by atoms with van der Waals surface area (Å²) in [5, 5.41) is 12.6. The van der Waals surface area contributed by atoms with Crippen LogP contribution in [-0.2, 0) is 0 Å². The molecular weight excluding hydrogens is 314 g/mol. The van der Waals surface area contributed by atoms with Crippen LogP contribution in [0, 0.1) is 11.1 Å². The van der Waals surface area contributed by atoms with Crippen molar-refractivity contribution in [1.82, 2.24) is 15.0 Å². The van der Waals surface area contributed by atoms with Crippen LogP contribution in [0.5, 0.6) is 0 Å². The summed E-state index contributed by atoms with van der Waals surface area (Å²) in [5.41, 5.74) is 13.6. The monoisotopic (exact) mass is 319 g/mol. The average Bonchev–Trinajstić information content (AvgIpc) is 2.41. The largest absolute Gasteiger partial charge is 0.321 e. The Morgan fingerprint density at radius 3 is 1.68 bits per heavy atom. The highest BCUT2D eigenvalue weighted by Gasteiger charge is 2.12. The van der Waals surface area contributed by atoms with Crippen molar-refractivity contribution in [2.75, 3.05) is 0 Å². The van der Waals surface area contributed by atoms with Crippen LogP contribution in [-0.4, -0.2) is 25.3 Å². The molecule has 100 valence electrons. The number of nitrogens with one attached hydrogen (secondary N) is 2. The van der Waals surface area contributed by atoms with Crippen LogP contribution in [0.15, 0.2) is 30.7 Å². The van der Waals surface area contributed by atoms with Crippen LogP contribution < -0.4 is 11.7 Å². The molecule has 0 fully saturated rings. The maximum Gasteiger partial charge on any atom is 0.233 e. The first-order chi connectivity index (χ1) is 9.12. The van der Waals surface area contributed by atoms with E-state index in [1.54, 1.807) is 0 Å². The third kappa shape index (κ3) is 4.72. The molecule has 0 atom stereocenters. The van der Waals surface area contributed by atoms with E-state index in [0.29, 0.717) is 0 Å². The molecule has 0 saturated heterocycles. The van der Waals surface area contributed by atoms with Gasteiger partial charge in [-0.05, 0) is 35.1 Å². The summed E-state index contributed by atoms with van der Waals surface area (Å²) < 4.78 is 0. The van der Waals surface area contributed by atoms with Crippen molar-refractivity contribution < 1.29 is 0 Å². The van der Waals surface area contributed by atoms with Gasteiger partial charge in [0.1, 0.15) is 0 Å². The molecule has 1 aromatic heterocycles. The summed E-state index contributed by atoms with van der Waals surface area (Å²) in [7, 11) is 0. The van der Waals surface area contributed by atoms with Crippen molar-refractivity contribution in [3.8, 4) is 0 Å². The lowest BCUT2D eigenvalue weighted by atomic mass is 11.1. The summed E-state index contributed by atoms with van der Waals surface area (Å²) in [4.78, 5) is 11.6. The molecule has 0 aliphatic heterocycles. The van der Waals surface area contributed by atoms with Crippen molar-refractivity contribution in [3.63, 3.8) is 0 Å². The third-order valence-corrected chi connectivity index (χ3v) is 3.00. The van der Waals surface area contributed by atoms with Crippen LogP contribution in [0.1, 0.15) is 0 Å². The summed E-state index contributed by atoms with van der Waals surface area (Å²) in [6.45, 7) is 0. The number of thioether (sulfide) groups is 2. The Morgan fingerprint density at radius 1 is 0.947 bits per heavy atom. The van der Waals surface area contributed by atoms with E-state index < -0.39 is 0 Å². The van der Waals surface area contributed by atoms with Gasteiger partial charge in [-0.3, -0.25) is 0 Å². The molecule has 0 aliphatic carbocycles. The van der Waals surface area contributed by atoms with E-state index in [4.69, 9.17) is 34.3 Å². The first-order valence-electron chi connectivity index (χ1n) is 4.21. The second-order valence-corrected chi connectivity index (χ2v) is 4.63. The number of halogens is 1. The maximum absolute atomic E-state index is 6.80. The Hall–Kier alpha value is -1.86. The SMILES string of the molecule is N=NC(=NN)Sc1nc(Cl)nc(SC(N=N)=NN)n1. The van der Waals surface area contributed by atoms with E-state index >= 15 is 0 Å². The van der Waals surface area contributed by atoms with Gasteiger partial charge >= 0.3 is 0 Å². The van der Waals surface area contributed by atoms with Gasteiger partial charge in [-0.2, -0.15) is 25.2 Å². The minimum absolute atomic E-state index is 0.0592. The number of hydrogen-bond acceptors (Lipinski definition) is 11. The fourth-order valence-electron chi connectivity index (χ4n) is 0.725. The number of nitrogens with zero attached hydrogens (tertiary/aromatic N) is 7. The van der Waals surface area contributed by atoms with E-state index in [-0.39, 0.29) is 25.9 Å². The highest BCUT2D eigenvalue weighted by Crippen LogP contribution is 2.22. The number of hydrogen-bond donors (Lipinski definition) is 4. The molecule has 0 aromatic carbocycles. The maximum atomic E-state index is 6.80. The molecule has 14 heteroatoms. The van der Waals surface area contributed by atoms with Crippen LogP contribution in [0.25, 0.3) is 0 Å². The van der Waals surface area contributed by atoms with Crippen molar-refractivity contribution in [2.24, 2.45) is 32.1 Å². The average molecular weight is 320 g/mol. The normalized spacial score (nSPS) is 12.3. The quantitative estimate of drug-likeness (QED) is 0.157. The summed E-state index contributed by atoms with van der Waals surface area (Å²) >= 11 is 7.35. The molecule has 0 bridgehead atoms. The molecule has 0 aliphatic rings. The fourth-order valence-corrected chi connectivity index (χ4v) is 2.10. The molecule has 0 spiro atoms. The van der Waals surface area contributed by atoms with Crippen molar-refractivity contribution in [2.45, 2.75) is 10.3 Å². The molecule has 1 aromatic rings. The van der Waals surface area contributed by atoms with Crippen LogP contribution in [0.4, 0.5) is 0 Å². The molecule has 19 heavy (non-hydrogen) atoms. The van der Waals surface area contributed by atoms with Gasteiger partial charge in [-0.1, -0.05) is 0 Å². The Balaban J connectivity index is 3.00. The predicted octanol–water partition coefficient (Wildman–Crippen LogP) is 1.23. The van der Waals surface area contributed by atoms with Crippen molar-refractivity contribution >= 4 is 45.5 Å². The second kappa shape index (κ2) is 7.55. The highest BCUT2D eigenvalue weighted by atomic mass is 35.5. The number of hydrazone groups is 2. The minimum atomic E-state index is -0.0947. The van der Waals surface area contributed by atoms with E-state index in [1.165, 1.54) is 0 Å². The van der Waals surface area contributed by atoms with E-state index in [9.17, 15) is 0 Å². The van der Waals surface area contributed by atoms with Crippen LogP contribution in [0.3, 0.4) is 0 Å². The molecular formula is C5H6ClN11S2. The molecule has 1 rings (SSSR count). The number of nitrogens with two attached hydrogens (primary N) is 2. The van der Waals surface area contributed by atoms with Crippen molar-refractivity contribution in [3.05, 3.63) is 5.28 Å². The number of amidine groups is 2. The second-order valence-electron chi connectivity index (χ2n) is 2.42. The van der Waals surface area contributed by atoms with E-state index in [0.717, 1.165) is 23.5 Å². The lowest BCUT2D eigenvalue weighted by Crippen LogP contribution is -2.01. The van der Waals surface area contributed by atoms with Gasteiger partial charge in [0.2, 0.25) is 25.9 Å². The van der Waals surface area contributed by atoms with Gasteiger partial charge in [-0.15, -0.1) is 10.2 Å². The smallest absolute Gasteiger partial charge is 0.233 e. The number of rotatable bonds is 2. The zero-order valence-electron chi connectivity index (χ0n) is 8.98. The highest BCUT2D eigenvalue weighted by molar-refractivity contribution is 8.14. The van der Waals surface area contributed by atoms with Gasteiger partial charge in [0.25, 0.3) is 0 Å². The topological polar surface area (TPSA) is 188 Å². The predicted molar refractivity (Wildman–Crippen MR) is 70.1 cm³/mol. The Morgan fingerprint density at radius 2 is 1.37 bits per heavy atom. The molecule has 0 saturated carbocycles. The molecule has 0 unspecified atom stereocenters. The Kier molecular flexibility index (Phi) is 6.04. The third-order valence-electron chi connectivity index (χ3n) is 1.34. The van der Waals surface area contributed by atoms with Gasteiger partial charge in [-0.25, -0.2) is 11.1 Å². The zero-order chi connectivity index (χ0) is 14.3. The summed E-state index contributed by atoms with van der Waals surface area (Å²) in [5.74, 6) is 10.00. The zero-order valence-corrected chi connectivity index (χ0v) is 11.4. The van der Waals surface area contributed by atoms with E-state index in [2.05, 4.69) is 35.4 Å². The molecule has 11 nitrogen and oxygen atoms in total. The minimum Gasteiger partial charge on any atom is -0.321 e. The van der Waals surface area contributed by atoms with Gasteiger partial charge in [0.15, 0.2) is 0 Å². The molecule has 1 heterocycles.